The Kier molecular flexibility index (Phi) is 8.95. The predicted octanol–water partition coefficient (Wildman–Crippen LogP) is 8.85. The summed E-state index contributed by atoms with van der Waals surface area (Å²) in [5.41, 5.74) is 2.51. The van der Waals surface area contributed by atoms with E-state index in [1.807, 2.05) is 6.07 Å². The molecule has 2 aromatic heterocycles. The quantitative estimate of drug-likeness (QED) is 0.141. The number of hydrogen-bond acceptors (Lipinski definition) is 5. The third-order valence-corrected chi connectivity index (χ3v) is 13.6. The van der Waals surface area contributed by atoms with Crippen molar-refractivity contribution in [2.75, 3.05) is 25.1 Å². The molecule has 0 radical (unpaired) electrons. The second kappa shape index (κ2) is 11.3. The number of hydrogen-bond donors (Lipinski definition) is 0. The molecule has 1 aromatic carbocycles. The van der Waals surface area contributed by atoms with Crippen LogP contribution < -0.4 is 4.90 Å². The molecular weight excluding hydrogens is 463 g/mol. The normalized spacial score (nSPS) is 12.4. The van der Waals surface area contributed by atoms with Gasteiger partial charge < -0.3 is 9.33 Å². The molecule has 0 unspecified atom stereocenters. The molecule has 0 saturated carbocycles. The topological polar surface area (TPSA) is 29.5 Å². The zero-order valence-corrected chi connectivity index (χ0v) is 23.7. The van der Waals surface area contributed by atoms with Gasteiger partial charge in [-0.2, -0.15) is 0 Å². The van der Waals surface area contributed by atoms with E-state index in [2.05, 4.69) is 76.1 Å². The highest BCUT2D eigenvalue weighted by Gasteiger charge is 2.36. The van der Waals surface area contributed by atoms with Crippen molar-refractivity contribution in [3.05, 3.63) is 41.3 Å². The number of aldehydes is 1. The molecule has 180 valence electrons. The van der Waals surface area contributed by atoms with Gasteiger partial charge >= 0.3 is 0 Å². The van der Waals surface area contributed by atoms with Gasteiger partial charge in [-0.15, -0.1) is 22.7 Å². The van der Waals surface area contributed by atoms with Gasteiger partial charge in [0.25, 0.3) is 0 Å². The molecule has 3 nitrogen and oxygen atoms in total. The third-order valence-electron chi connectivity index (χ3n) is 6.84. The van der Waals surface area contributed by atoms with Crippen LogP contribution in [0.5, 0.6) is 0 Å². The first-order valence-corrected chi connectivity index (χ1v) is 16.6. The van der Waals surface area contributed by atoms with Crippen molar-refractivity contribution in [3.8, 4) is 10.4 Å². The molecule has 0 spiro atoms. The number of unbranched alkanes of at least 4 members (excludes halogenated alkanes) is 4. The summed E-state index contributed by atoms with van der Waals surface area (Å²) in [4.78, 5) is 15.4. The van der Waals surface area contributed by atoms with E-state index >= 15 is 0 Å². The van der Waals surface area contributed by atoms with E-state index in [1.165, 1.54) is 57.6 Å². The van der Waals surface area contributed by atoms with E-state index in [0.29, 0.717) is 5.04 Å². The van der Waals surface area contributed by atoms with Crippen LogP contribution >= 0.6 is 22.7 Å². The zero-order valence-electron chi connectivity index (χ0n) is 21.1. The average Bonchev–Trinajstić information content (AvgIpc) is 3.33. The number of benzene rings is 1. The van der Waals surface area contributed by atoms with Gasteiger partial charge in [0.05, 0.1) is 4.88 Å². The van der Waals surface area contributed by atoms with E-state index in [0.717, 1.165) is 24.3 Å². The fraction of sp³-hybridized carbons (Fsp3) is 0.519. The lowest BCUT2D eigenvalue weighted by molar-refractivity contribution is 0.112. The lowest BCUT2D eigenvalue weighted by Crippen LogP contribution is -2.40. The van der Waals surface area contributed by atoms with E-state index in [9.17, 15) is 4.79 Å². The summed E-state index contributed by atoms with van der Waals surface area (Å²) in [6, 6.07) is 13.1. The number of nitrogens with zero attached hydrogens (tertiary/aromatic N) is 1. The lowest BCUT2D eigenvalue weighted by Gasteiger charge is -2.36. The fourth-order valence-electron chi connectivity index (χ4n) is 3.59. The molecule has 0 amide bonds. The number of carbonyl (C=O) groups is 1. The first-order chi connectivity index (χ1) is 15.6. The summed E-state index contributed by atoms with van der Waals surface area (Å²) in [5.74, 6) is 0. The summed E-state index contributed by atoms with van der Waals surface area (Å²) < 4.78 is 8.68. The van der Waals surface area contributed by atoms with Crippen LogP contribution in [-0.4, -0.2) is 34.8 Å². The van der Waals surface area contributed by atoms with Crippen molar-refractivity contribution in [1.29, 1.82) is 0 Å². The number of fused-ring (bicyclic) bond motifs is 1. The monoisotopic (exact) mass is 501 g/mol. The number of carbonyl (C=O) groups excluding carboxylic acids is 1. The maximum Gasteiger partial charge on any atom is 0.191 e. The third kappa shape index (κ3) is 7.01. The smallest absolute Gasteiger partial charge is 0.191 e. The van der Waals surface area contributed by atoms with Crippen LogP contribution in [0.3, 0.4) is 0 Å². The minimum Gasteiger partial charge on any atom is -0.417 e. The molecule has 33 heavy (non-hydrogen) atoms. The Morgan fingerprint density at radius 3 is 2.21 bits per heavy atom. The SMILES string of the molecule is CN(CCCCCCCO[Si](C)(C)C(C)(C)C)c1ccc(-c2cc3sc(C=O)cc3s2)cc1. The summed E-state index contributed by atoms with van der Waals surface area (Å²) in [5, 5.41) is 0.303. The molecule has 0 N–H and O–H groups in total. The molecule has 0 aliphatic carbocycles. The second-order valence-electron chi connectivity index (χ2n) is 10.5. The van der Waals surface area contributed by atoms with Crippen molar-refractivity contribution in [3.63, 3.8) is 0 Å². The highest BCUT2D eigenvalue weighted by atomic mass is 32.1. The highest BCUT2D eigenvalue weighted by Crippen LogP contribution is 2.38. The molecule has 0 bridgehead atoms. The molecule has 0 aliphatic rings. The van der Waals surface area contributed by atoms with Gasteiger partial charge in [-0.05, 0) is 60.8 Å². The van der Waals surface area contributed by atoms with Gasteiger partial charge in [-0.1, -0.05) is 52.2 Å². The zero-order chi connectivity index (χ0) is 24.1. The number of thiophene rings is 2. The highest BCUT2D eigenvalue weighted by molar-refractivity contribution is 7.30. The van der Waals surface area contributed by atoms with Crippen LogP contribution in [0, 0.1) is 0 Å². The van der Waals surface area contributed by atoms with Crippen LogP contribution in [0.25, 0.3) is 19.8 Å². The van der Waals surface area contributed by atoms with E-state index < -0.39 is 8.32 Å². The van der Waals surface area contributed by atoms with Crippen molar-refractivity contribution in [2.24, 2.45) is 0 Å². The fourth-order valence-corrected chi connectivity index (χ4v) is 6.90. The van der Waals surface area contributed by atoms with Crippen molar-refractivity contribution in [2.45, 2.75) is 71.0 Å². The Bertz CT molecular complexity index is 999. The predicted molar refractivity (Wildman–Crippen MR) is 150 cm³/mol. The Morgan fingerprint density at radius 2 is 1.58 bits per heavy atom. The van der Waals surface area contributed by atoms with Crippen LogP contribution in [0.15, 0.2) is 36.4 Å². The van der Waals surface area contributed by atoms with Gasteiger partial charge in [0, 0.05) is 40.2 Å². The van der Waals surface area contributed by atoms with Crippen molar-refractivity contribution < 1.29 is 9.22 Å². The van der Waals surface area contributed by atoms with Crippen molar-refractivity contribution >= 4 is 52.4 Å². The van der Waals surface area contributed by atoms with Crippen LogP contribution in [0.2, 0.25) is 18.1 Å². The Hall–Kier alpha value is -1.47. The summed E-state index contributed by atoms with van der Waals surface area (Å²) in [6.45, 7) is 13.6. The van der Waals surface area contributed by atoms with Crippen LogP contribution in [0.1, 0.15) is 62.5 Å². The van der Waals surface area contributed by atoms with Gasteiger partial charge in [0.15, 0.2) is 14.6 Å². The maximum atomic E-state index is 11.0. The van der Waals surface area contributed by atoms with E-state index in [1.54, 1.807) is 22.7 Å². The van der Waals surface area contributed by atoms with Crippen LogP contribution in [0.4, 0.5) is 5.69 Å². The Labute approximate surface area is 208 Å². The molecule has 6 heteroatoms. The Morgan fingerprint density at radius 1 is 0.939 bits per heavy atom. The van der Waals surface area contributed by atoms with E-state index in [-0.39, 0.29) is 0 Å². The standard InChI is InChI=1S/C27H39NO2S2Si/c1-27(2,3)33(5,6)30-17-11-9-7-8-10-16-28(4)22-14-12-21(13-15-22)24-19-26-25(32-24)18-23(20-29)31-26/h12-15,18-20H,7-11,16-17H2,1-6H3. The summed E-state index contributed by atoms with van der Waals surface area (Å²) >= 11 is 3.33. The van der Waals surface area contributed by atoms with Gasteiger partial charge in [0.2, 0.25) is 0 Å². The summed E-state index contributed by atoms with van der Waals surface area (Å²) in [7, 11) is 0.599. The first-order valence-electron chi connectivity index (χ1n) is 12.0. The summed E-state index contributed by atoms with van der Waals surface area (Å²) in [6.07, 6.45) is 7.17. The lowest BCUT2D eigenvalue weighted by atomic mass is 10.1. The van der Waals surface area contributed by atoms with Gasteiger partial charge in [-0.3, -0.25) is 4.79 Å². The molecule has 0 aliphatic heterocycles. The largest absolute Gasteiger partial charge is 0.417 e. The average molecular weight is 502 g/mol. The molecule has 0 atom stereocenters. The van der Waals surface area contributed by atoms with Crippen molar-refractivity contribution in [1.82, 2.24) is 0 Å². The molecule has 0 fully saturated rings. The van der Waals surface area contributed by atoms with Gasteiger partial charge in [-0.25, -0.2) is 0 Å². The Balaban J connectivity index is 1.36. The minimum atomic E-state index is -1.59. The number of rotatable bonds is 12. The number of anilines is 1. The first kappa shape index (κ1) is 26.1. The molecule has 3 aromatic rings. The van der Waals surface area contributed by atoms with Gasteiger partial charge in [0.1, 0.15) is 0 Å². The molecule has 0 saturated heterocycles. The molecule has 2 heterocycles. The minimum absolute atomic E-state index is 0.303. The molecule has 3 rings (SSSR count). The van der Waals surface area contributed by atoms with E-state index in [4.69, 9.17) is 4.43 Å². The maximum absolute atomic E-state index is 11.0. The van der Waals surface area contributed by atoms with Crippen LogP contribution in [-0.2, 0) is 4.43 Å². The second-order valence-corrected chi connectivity index (χ2v) is 17.5. The molecular formula is C27H39NO2S2Si.